The van der Waals surface area contributed by atoms with Gasteiger partial charge in [0.1, 0.15) is 19.3 Å². The molecule has 0 bridgehead atoms. The summed E-state index contributed by atoms with van der Waals surface area (Å²) in [7, 11) is -9.92. The van der Waals surface area contributed by atoms with Crippen molar-refractivity contribution in [2.24, 2.45) is 17.8 Å². The summed E-state index contributed by atoms with van der Waals surface area (Å²) in [5.74, 6) is 0.0584. The highest BCUT2D eigenvalue weighted by Gasteiger charge is 2.30. The lowest BCUT2D eigenvalue weighted by molar-refractivity contribution is -0.161. The van der Waals surface area contributed by atoms with E-state index < -0.39 is 97.5 Å². The van der Waals surface area contributed by atoms with Gasteiger partial charge in [-0.3, -0.25) is 37.3 Å². The Kier molecular flexibility index (Phi) is 62.5. The Morgan fingerprint density at radius 3 is 0.871 bits per heavy atom. The zero-order chi connectivity index (χ0) is 68.7. The quantitative estimate of drug-likeness (QED) is 0.0169. The number of rotatable bonds is 70. The summed E-state index contributed by atoms with van der Waals surface area (Å²) in [6.45, 7) is 11.7. The van der Waals surface area contributed by atoms with Crippen LogP contribution in [0.15, 0.2) is 24.3 Å². The van der Waals surface area contributed by atoms with E-state index in [-0.39, 0.29) is 25.7 Å². The van der Waals surface area contributed by atoms with Crippen molar-refractivity contribution >= 4 is 39.5 Å². The van der Waals surface area contributed by atoms with Crippen molar-refractivity contribution < 1.29 is 80.2 Å². The minimum Gasteiger partial charge on any atom is -0.462 e. The number of aliphatic hydroxyl groups excluding tert-OH is 1. The average Bonchev–Trinajstić information content (AvgIpc) is 1.66. The topological polar surface area (TPSA) is 237 Å². The third-order valence-electron chi connectivity index (χ3n) is 16.5. The third-order valence-corrected chi connectivity index (χ3v) is 18.4. The van der Waals surface area contributed by atoms with E-state index >= 15 is 0 Å². The minimum absolute atomic E-state index is 0.0973. The van der Waals surface area contributed by atoms with E-state index in [2.05, 4.69) is 72.8 Å². The second kappa shape index (κ2) is 64.2. The number of esters is 4. The van der Waals surface area contributed by atoms with Crippen molar-refractivity contribution in [3.8, 4) is 0 Å². The molecule has 17 nitrogen and oxygen atoms in total. The number of allylic oxidation sites excluding steroid dienone is 4. The maximum atomic E-state index is 13.0. The summed E-state index contributed by atoms with van der Waals surface area (Å²) in [5.41, 5.74) is 0. The van der Waals surface area contributed by atoms with Crippen LogP contribution in [0.25, 0.3) is 0 Å². The number of hydrogen-bond donors (Lipinski definition) is 3. The fraction of sp³-hybridized carbons (Fsp3) is 0.892. The lowest BCUT2D eigenvalue weighted by Crippen LogP contribution is -2.30. The molecule has 548 valence electrons. The van der Waals surface area contributed by atoms with E-state index in [4.69, 9.17) is 37.0 Å². The molecule has 0 aromatic carbocycles. The first kappa shape index (κ1) is 90.5. The zero-order valence-electron chi connectivity index (χ0n) is 60.2. The number of carbonyl (C=O) groups is 4. The van der Waals surface area contributed by atoms with Gasteiger partial charge in [-0.1, -0.05) is 297 Å². The highest BCUT2D eigenvalue weighted by Crippen LogP contribution is 2.45. The molecule has 0 radical (unpaired) electrons. The molecular formula is C74H140O17P2. The second-order valence-corrected chi connectivity index (χ2v) is 30.3. The van der Waals surface area contributed by atoms with Gasteiger partial charge in [-0.2, -0.15) is 0 Å². The number of phosphoric ester groups is 2. The molecule has 0 fully saturated rings. The van der Waals surface area contributed by atoms with Crippen LogP contribution in [0.4, 0.5) is 0 Å². The number of ether oxygens (including phenoxy) is 4. The number of carbonyl (C=O) groups excluding carboxylic acids is 4. The van der Waals surface area contributed by atoms with Gasteiger partial charge in [0, 0.05) is 25.7 Å². The van der Waals surface area contributed by atoms with Gasteiger partial charge in [0.25, 0.3) is 0 Å². The largest absolute Gasteiger partial charge is 0.472 e. The number of unbranched alkanes of at least 4 members (excludes halogenated alkanes) is 35. The molecule has 0 spiro atoms. The van der Waals surface area contributed by atoms with E-state index in [1.807, 2.05) is 0 Å². The first-order valence-electron chi connectivity index (χ1n) is 37.7. The second-order valence-electron chi connectivity index (χ2n) is 27.4. The van der Waals surface area contributed by atoms with Gasteiger partial charge in [0.05, 0.1) is 26.4 Å². The summed E-state index contributed by atoms with van der Waals surface area (Å²) in [6.07, 6.45) is 52.3. The van der Waals surface area contributed by atoms with Crippen LogP contribution in [-0.4, -0.2) is 96.7 Å². The van der Waals surface area contributed by atoms with Crippen LogP contribution in [-0.2, 0) is 65.4 Å². The van der Waals surface area contributed by atoms with Crippen LogP contribution < -0.4 is 0 Å². The smallest absolute Gasteiger partial charge is 0.462 e. The first-order chi connectivity index (χ1) is 44.7. The fourth-order valence-electron chi connectivity index (χ4n) is 10.7. The van der Waals surface area contributed by atoms with Gasteiger partial charge < -0.3 is 33.8 Å². The van der Waals surface area contributed by atoms with Crippen molar-refractivity contribution in [2.45, 2.75) is 369 Å². The van der Waals surface area contributed by atoms with Gasteiger partial charge >= 0.3 is 39.5 Å². The van der Waals surface area contributed by atoms with Crippen molar-refractivity contribution in [3.05, 3.63) is 24.3 Å². The molecule has 0 saturated carbocycles. The molecule has 19 heteroatoms. The minimum atomic E-state index is -4.96. The number of aliphatic hydroxyl groups is 1. The van der Waals surface area contributed by atoms with E-state index in [1.165, 1.54) is 135 Å². The van der Waals surface area contributed by atoms with Crippen molar-refractivity contribution in [2.75, 3.05) is 39.6 Å². The average molecular weight is 1360 g/mol. The molecule has 0 aliphatic rings. The van der Waals surface area contributed by atoms with Gasteiger partial charge in [-0.05, 0) is 69.1 Å². The monoisotopic (exact) mass is 1360 g/mol. The lowest BCUT2D eigenvalue weighted by atomic mass is 10.0. The number of hydrogen-bond acceptors (Lipinski definition) is 15. The standard InChI is InChI=1S/C74H140O17P2/c1-8-9-10-11-12-13-14-15-16-20-23-26-34-41-48-55-71(76)84-61-69(91-74(79)58-51-44-36-29-28-32-39-46-53-66(4)5)63-88-92(80,81)86-59-68(75)60-87-93(82,83)89-64-70(62-85-72(77)56-49-42-37-30-33-40-47-54-67(6)7)90-73(78)57-50-43-35-27-24-21-18-17-19-22-25-31-38-45-52-65(2)3/h13-16,65-70,75H,8-12,17-64H2,1-7H3,(H,80,81)(H,82,83)/b14-13-,16-15-/t68?,69-,70-/m1/s1. The van der Waals surface area contributed by atoms with Gasteiger partial charge in [-0.25, -0.2) is 9.13 Å². The highest BCUT2D eigenvalue weighted by molar-refractivity contribution is 7.47. The molecule has 0 aliphatic carbocycles. The Hall–Kier alpha value is -2.46. The van der Waals surface area contributed by atoms with Crippen molar-refractivity contribution in [1.29, 1.82) is 0 Å². The van der Waals surface area contributed by atoms with E-state index in [0.29, 0.717) is 37.5 Å². The van der Waals surface area contributed by atoms with Crippen LogP contribution in [0.1, 0.15) is 350 Å². The Bertz CT molecular complexity index is 1910. The summed E-state index contributed by atoms with van der Waals surface area (Å²) < 4.78 is 68.4. The molecule has 0 heterocycles. The van der Waals surface area contributed by atoms with Crippen LogP contribution in [0, 0.1) is 17.8 Å². The lowest BCUT2D eigenvalue weighted by Gasteiger charge is -2.21. The van der Waals surface area contributed by atoms with Crippen LogP contribution >= 0.6 is 15.6 Å². The van der Waals surface area contributed by atoms with Gasteiger partial charge in [-0.15, -0.1) is 0 Å². The summed E-state index contributed by atoms with van der Waals surface area (Å²) in [5, 5.41) is 10.6. The highest BCUT2D eigenvalue weighted by atomic mass is 31.2. The maximum absolute atomic E-state index is 13.0. The molecule has 3 N–H and O–H groups in total. The van der Waals surface area contributed by atoms with E-state index in [0.717, 1.165) is 121 Å². The molecule has 0 saturated heterocycles. The van der Waals surface area contributed by atoms with Crippen LogP contribution in [0.5, 0.6) is 0 Å². The molecule has 0 aromatic rings. The van der Waals surface area contributed by atoms with Gasteiger partial charge in [0.2, 0.25) is 0 Å². The molecule has 0 amide bonds. The van der Waals surface area contributed by atoms with Crippen LogP contribution in [0.2, 0.25) is 0 Å². The van der Waals surface area contributed by atoms with E-state index in [9.17, 15) is 43.2 Å². The summed E-state index contributed by atoms with van der Waals surface area (Å²) in [6, 6.07) is 0. The van der Waals surface area contributed by atoms with E-state index in [1.54, 1.807) is 0 Å². The van der Waals surface area contributed by atoms with Crippen molar-refractivity contribution in [3.63, 3.8) is 0 Å². The maximum Gasteiger partial charge on any atom is 0.472 e. The fourth-order valence-corrected chi connectivity index (χ4v) is 12.3. The Morgan fingerprint density at radius 2 is 0.581 bits per heavy atom. The molecule has 93 heavy (non-hydrogen) atoms. The predicted molar refractivity (Wildman–Crippen MR) is 377 cm³/mol. The molecule has 0 rings (SSSR count). The molecule has 3 unspecified atom stereocenters. The first-order valence-corrected chi connectivity index (χ1v) is 40.7. The SMILES string of the molecule is CCCCCC/C=C\C=C/CCCCCCCC(=O)OC[C@H](COP(=O)(O)OCC(O)COP(=O)(O)OC[C@@H](COC(=O)CCCCCCCCCC(C)C)OC(=O)CCCCCCCCCCCCCCCCC(C)C)OC(=O)CCCCCCCCCCC(C)C. The Balaban J connectivity index is 5.26. The van der Waals surface area contributed by atoms with Crippen molar-refractivity contribution in [1.82, 2.24) is 0 Å². The van der Waals surface area contributed by atoms with Crippen LogP contribution in [0.3, 0.4) is 0 Å². The number of phosphoric acid groups is 2. The normalized spacial score (nSPS) is 14.3. The Morgan fingerprint density at radius 1 is 0.333 bits per heavy atom. The van der Waals surface area contributed by atoms with Gasteiger partial charge in [0.15, 0.2) is 12.2 Å². The summed E-state index contributed by atoms with van der Waals surface area (Å²) >= 11 is 0. The third kappa shape index (κ3) is 67.9. The Labute approximate surface area is 567 Å². The molecule has 5 atom stereocenters. The zero-order valence-corrected chi connectivity index (χ0v) is 62.0. The molecule has 0 aromatic heterocycles. The summed E-state index contributed by atoms with van der Waals surface area (Å²) in [4.78, 5) is 72.7. The molecular weight excluding hydrogens is 1220 g/mol. The predicted octanol–water partition coefficient (Wildman–Crippen LogP) is 21.0. The molecule has 0 aliphatic heterocycles.